The molecule has 8 heteroatoms. The van der Waals surface area contributed by atoms with Crippen molar-refractivity contribution in [2.75, 3.05) is 0 Å². The van der Waals surface area contributed by atoms with E-state index in [2.05, 4.69) is 4.74 Å². The molecular weight excluding hydrogens is 308 g/mol. The molecule has 2 N–H and O–H groups in total. The number of carbonyl (C=O) groups excluding carboxylic acids is 2. The molecule has 2 saturated carbocycles. The summed E-state index contributed by atoms with van der Waals surface area (Å²) in [6.45, 7) is -0.120. The van der Waals surface area contributed by atoms with Crippen LogP contribution < -0.4 is 0 Å². The molecule has 0 spiro atoms. The van der Waals surface area contributed by atoms with Crippen LogP contribution in [0, 0.1) is 5.41 Å². The Balaban J connectivity index is 2.36. The van der Waals surface area contributed by atoms with Crippen molar-refractivity contribution in [3.8, 4) is 0 Å². The quantitative estimate of drug-likeness (QED) is 0.422. The van der Waals surface area contributed by atoms with Gasteiger partial charge in [0.2, 0.25) is 11.0 Å². The third-order valence-electron chi connectivity index (χ3n) is 4.90. The van der Waals surface area contributed by atoms with E-state index in [9.17, 15) is 29.4 Å². The van der Waals surface area contributed by atoms with Gasteiger partial charge in [-0.2, -0.15) is 0 Å². The van der Waals surface area contributed by atoms with Gasteiger partial charge in [-0.05, 0) is 38.5 Å². The maximum atomic E-state index is 12.6. The molecule has 0 aromatic rings. The zero-order valence-corrected chi connectivity index (χ0v) is 12.7. The lowest BCUT2D eigenvalue weighted by molar-refractivity contribution is -0.205. The monoisotopic (exact) mass is 328 g/mol. The first kappa shape index (κ1) is 17.2. The van der Waals surface area contributed by atoms with Crippen LogP contribution in [0.25, 0.3) is 0 Å². The van der Waals surface area contributed by atoms with E-state index in [1.165, 1.54) is 0 Å². The summed E-state index contributed by atoms with van der Waals surface area (Å²) in [6, 6.07) is 0. The number of esters is 1. The van der Waals surface area contributed by atoms with Crippen LogP contribution in [0.1, 0.15) is 51.4 Å². The van der Waals surface area contributed by atoms with Crippen molar-refractivity contribution in [2.45, 2.75) is 63.1 Å². The van der Waals surface area contributed by atoms with Crippen molar-refractivity contribution in [1.29, 1.82) is 0 Å². The van der Waals surface area contributed by atoms with Gasteiger partial charge in [-0.1, -0.05) is 6.42 Å². The smallest absolute Gasteiger partial charge is 0.350 e. The predicted molar refractivity (Wildman–Crippen MR) is 74.4 cm³/mol. The van der Waals surface area contributed by atoms with Crippen LogP contribution in [0.5, 0.6) is 0 Å². The second kappa shape index (κ2) is 6.55. The Bertz CT molecular complexity index is 510. The highest BCUT2D eigenvalue weighted by Crippen LogP contribution is 2.50. The third-order valence-corrected chi connectivity index (χ3v) is 4.90. The molecule has 8 nitrogen and oxygen atoms in total. The van der Waals surface area contributed by atoms with Crippen molar-refractivity contribution in [1.82, 2.24) is 0 Å². The van der Waals surface area contributed by atoms with Crippen LogP contribution in [0.15, 0.2) is 0 Å². The molecule has 0 amide bonds. The molecular formula is C15H20O8. The first-order valence-electron chi connectivity index (χ1n) is 7.70. The van der Waals surface area contributed by atoms with Crippen molar-refractivity contribution in [2.24, 2.45) is 5.41 Å². The zero-order valence-electron chi connectivity index (χ0n) is 12.7. The molecule has 2 rings (SSSR count). The van der Waals surface area contributed by atoms with Gasteiger partial charge in [-0.15, -0.1) is 0 Å². The maximum absolute atomic E-state index is 12.6. The standard InChI is InChI=1S/C15H20O8/c16-9-22-15(12(19)20)8-4-7-14(15,11(17)18)13(21)23-10-5-2-1-3-6-10/h9-10H,1-8H2,(H,17,18)(H,19,20). The SMILES string of the molecule is O=COC1(C(=O)O)CCCC1(C(=O)O)C(=O)OC1CCCCC1. The fraction of sp³-hybridized carbons (Fsp3) is 0.733. The van der Waals surface area contributed by atoms with Gasteiger partial charge in [-0.25, -0.2) is 4.79 Å². The van der Waals surface area contributed by atoms with Crippen molar-refractivity contribution in [3.63, 3.8) is 0 Å². The lowest BCUT2D eigenvalue weighted by atomic mass is 9.73. The number of aliphatic carboxylic acids is 2. The van der Waals surface area contributed by atoms with Crippen LogP contribution in [0.3, 0.4) is 0 Å². The number of carboxylic acids is 2. The molecule has 2 unspecified atom stereocenters. The normalized spacial score (nSPS) is 31.3. The van der Waals surface area contributed by atoms with Gasteiger partial charge in [-0.3, -0.25) is 14.4 Å². The molecule has 2 aliphatic rings. The molecule has 2 atom stereocenters. The summed E-state index contributed by atoms with van der Waals surface area (Å²) in [5.74, 6) is -4.41. The van der Waals surface area contributed by atoms with Crippen LogP contribution >= 0.6 is 0 Å². The molecule has 0 bridgehead atoms. The Morgan fingerprint density at radius 2 is 1.61 bits per heavy atom. The first-order chi connectivity index (χ1) is 10.9. The van der Waals surface area contributed by atoms with E-state index in [4.69, 9.17) is 4.74 Å². The maximum Gasteiger partial charge on any atom is 0.350 e. The fourth-order valence-electron chi connectivity index (χ4n) is 3.67. The Kier molecular flexibility index (Phi) is 4.91. The zero-order chi connectivity index (χ0) is 17.1. The van der Waals surface area contributed by atoms with Crippen molar-refractivity contribution < 1.29 is 38.9 Å². The molecule has 0 heterocycles. The van der Waals surface area contributed by atoms with Crippen molar-refractivity contribution >= 4 is 24.4 Å². The molecule has 0 radical (unpaired) electrons. The summed E-state index contributed by atoms with van der Waals surface area (Å²) in [4.78, 5) is 46.9. The van der Waals surface area contributed by atoms with Gasteiger partial charge in [0.25, 0.3) is 6.47 Å². The molecule has 0 aromatic heterocycles. The third kappa shape index (κ3) is 2.66. The molecule has 2 aliphatic carbocycles. The Labute approximate surface area is 132 Å². The second-order valence-electron chi connectivity index (χ2n) is 6.08. The van der Waals surface area contributed by atoms with E-state index in [-0.39, 0.29) is 25.7 Å². The van der Waals surface area contributed by atoms with Gasteiger partial charge >= 0.3 is 17.9 Å². The summed E-state index contributed by atoms with van der Waals surface area (Å²) < 4.78 is 9.99. The lowest BCUT2D eigenvalue weighted by Gasteiger charge is -2.37. The van der Waals surface area contributed by atoms with E-state index in [0.29, 0.717) is 12.8 Å². The van der Waals surface area contributed by atoms with E-state index in [1.54, 1.807) is 0 Å². The number of hydrogen-bond donors (Lipinski definition) is 2. The fourth-order valence-corrected chi connectivity index (χ4v) is 3.67. The Morgan fingerprint density at radius 1 is 0.957 bits per heavy atom. The topological polar surface area (TPSA) is 127 Å². The average molecular weight is 328 g/mol. The predicted octanol–water partition coefficient (Wildman–Crippen LogP) is 1.11. The highest BCUT2D eigenvalue weighted by atomic mass is 16.6. The van der Waals surface area contributed by atoms with Gasteiger partial charge < -0.3 is 19.7 Å². The molecule has 0 aromatic carbocycles. The number of carbonyl (C=O) groups is 4. The van der Waals surface area contributed by atoms with E-state index in [0.717, 1.165) is 19.3 Å². The number of rotatable bonds is 6. The highest BCUT2D eigenvalue weighted by Gasteiger charge is 2.72. The molecule has 128 valence electrons. The number of carboxylic acid groups (broad SMARTS) is 2. The van der Waals surface area contributed by atoms with E-state index in [1.807, 2.05) is 0 Å². The van der Waals surface area contributed by atoms with Crippen LogP contribution in [0.2, 0.25) is 0 Å². The molecule has 2 fully saturated rings. The number of hydrogen-bond acceptors (Lipinski definition) is 6. The number of ether oxygens (including phenoxy) is 2. The van der Waals surface area contributed by atoms with E-state index < -0.39 is 35.0 Å². The first-order valence-corrected chi connectivity index (χ1v) is 7.70. The summed E-state index contributed by atoms with van der Waals surface area (Å²) in [6.07, 6.45) is 3.22. The lowest BCUT2D eigenvalue weighted by Crippen LogP contribution is -2.61. The Hall–Kier alpha value is -2.12. The van der Waals surface area contributed by atoms with Gasteiger partial charge in [0.15, 0.2) is 0 Å². The van der Waals surface area contributed by atoms with Gasteiger partial charge in [0, 0.05) is 6.42 Å². The average Bonchev–Trinajstić information content (AvgIpc) is 2.90. The molecule has 23 heavy (non-hydrogen) atoms. The summed E-state index contributed by atoms with van der Waals surface area (Å²) in [5.41, 5.74) is -4.83. The minimum atomic E-state index is -2.42. The molecule has 0 saturated heterocycles. The summed E-state index contributed by atoms with van der Waals surface area (Å²) >= 11 is 0. The van der Waals surface area contributed by atoms with Gasteiger partial charge in [0.1, 0.15) is 6.10 Å². The molecule has 0 aliphatic heterocycles. The summed E-state index contributed by atoms with van der Waals surface area (Å²) in [7, 11) is 0. The van der Waals surface area contributed by atoms with E-state index >= 15 is 0 Å². The largest absolute Gasteiger partial charge is 0.480 e. The van der Waals surface area contributed by atoms with Crippen LogP contribution in [-0.4, -0.2) is 46.3 Å². The highest BCUT2D eigenvalue weighted by molar-refractivity contribution is 6.07. The van der Waals surface area contributed by atoms with Crippen molar-refractivity contribution in [3.05, 3.63) is 0 Å². The van der Waals surface area contributed by atoms with Crippen LogP contribution in [0.4, 0.5) is 0 Å². The Morgan fingerprint density at radius 3 is 2.13 bits per heavy atom. The van der Waals surface area contributed by atoms with Crippen LogP contribution in [-0.2, 0) is 28.7 Å². The minimum Gasteiger partial charge on any atom is -0.480 e. The van der Waals surface area contributed by atoms with Gasteiger partial charge in [0.05, 0.1) is 0 Å². The minimum absolute atomic E-state index is 0.120. The summed E-state index contributed by atoms with van der Waals surface area (Å²) in [5, 5.41) is 19.1. The second-order valence-corrected chi connectivity index (χ2v) is 6.08.